The second-order valence-corrected chi connectivity index (χ2v) is 7.06. The van der Waals surface area contributed by atoms with Gasteiger partial charge in [0, 0.05) is 37.2 Å². The second-order valence-electron chi connectivity index (χ2n) is 7.06. The van der Waals surface area contributed by atoms with Gasteiger partial charge in [-0.05, 0) is 66.9 Å². The Morgan fingerprint density at radius 2 is 1.73 bits per heavy atom. The molecule has 1 aromatic heterocycles. The van der Waals surface area contributed by atoms with Gasteiger partial charge in [0.15, 0.2) is 5.78 Å². The molecule has 0 aliphatic heterocycles. The highest BCUT2D eigenvalue weighted by Crippen LogP contribution is 2.20. The van der Waals surface area contributed by atoms with E-state index >= 15 is 0 Å². The summed E-state index contributed by atoms with van der Waals surface area (Å²) >= 11 is 0. The lowest BCUT2D eigenvalue weighted by Gasteiger charge is -2.08. The molecule has 1 heterocycles. The van der Waals surface area contributed by atoms with Gasteiger partial charge in [-0.15, -0.1) is 0 Å². The molecule has 154 valence electrons. The summed E-state index contributed by atoms with van der Waals surface area (Å²) in [6, 6.07) is 14.7. The summed E-state index contributed by atoms with van der Waals surface area (Å²) in [6.45, 7) is 4.24. The van der Waals surface area contributed by atoms with Crippen LogP contribution >= 0.6 is 0 Å². The zero-order chi connectivity index (χ0) is 21.5. The number of nitrogens with zero attached hydrogens (tertiary/aromatic N) is 1. The minimum absolute atomic E-state index is 0.0489. The third kappa shape index (κ3) is 5.98. The van der Waals surface area contributed by atoms with Crippen LogP contribution in [-0.4, -0.2) is 16.7 Å². The fraction of sp³-hybridized carbons (Fsp3) is 0.208. The van der Waals surface area contributed by atoms with Crippen molar-refractivity contribution >= 4 is 11.7 Å². The number of benzene rings is 2. The number of carbonyl (C=O) groups excluding carboxylic acids is 2. The molecule has 6 heteroatoms. The van der Waals surface area contributed by atoms with Crippen molar-refractivity contribution in [1.82, 2.24) is 10.3 Å². The largest absolute Gasteiger partial charge is 0.439 e. The molecule has 0 unspecified atom stereocenters. The lowest BCUT2D eigenvalue weighted by Crippen LogP contribution is -2.23. The Bertz CT molecular complexity index is 1050. The fourth-order valence-corrected chi connectivity index (χ4v) is 2.81. The van der Waals surface area contributed by atoms with Crippen LogP contribution in [0.15, 0.2) is 60.8 Å². The highest BCUT2D eigenvalue weighted by atomic mass is 19.1. The Morgan fingerprint density at radius 3 is 2.47 bits per heavy atom. The highest BCUT2D eigenvalue weighted by molar-refractivity contribution is 5.98. The maximum Gasteiger partial charge on any atom is 0.220 e. The van der Waals surface area contributed by atoms with Gasteiger partial charge in [0.05, 0.1) is 0 Å². The number of amides is 1. The van der Waals surface area contributed by atoms with E-state index in [9.17, 15) is 14.0 Å². The Kier molecular flexibility index (Phi) is 6.91. The average molecular weight is 406 g/mol. The standard InChI is InChI=1S/C24H23FN2O3/c1-16-3-4-19(13-17(16)2)22(28)9-10-23(29)27-15-18-11-12-26-24(14-18)30-21-7-5-20(25)6-8-21/h3-8,11-14H,9-10,15H2,1-2H3,(H,27,29). The van der Waals surface area contributed by atoms with Crippen molar-refractivity contribution in [3.63, 3.8) is 0 Å². The molecule has 0 saturated carbocycles. The van der Waals surface area contributed by atoms with Gasteiger partial charge >= 0.3 is 0 Å². The van der Waals surface area contributed by atoms with Crippen molar-refractivity contribution in [2.75, 3.05) is 0 Å². The van der Waals surface area contributed by atoms with Gasteiger partial charge in [-0.25, -0.2) is 9.37 Å². The molecule has 0 radical (unpaired) electrons. The number of carbonyl (C=O) groups is 2. The number of aryl methyl sites for hydroxylation is 2. The maximum atomic E-state index is 13.0. The van der Waals surface area contributed by atoms with Crippen molar-refractivity contribution < 1.29 is 18.7 Å². The Labute approximate surface area is 174 Å². The molecule has 0 aliphatic carbocycles. The van der Waals surface area contributed by atoms with E-state index in [0.717, 1.165) is 16.7 Å². The predicted molar refractivity (Wildman–Crippen MR) is 112 cm³/mol. The molecular formula is C24H23FN2O3. The van der Waals surface area contributed by atoms with E-state index in [-0.39, 0.29) is 30.3 Å². The minimum Gasteiger partial charge on any atom is -0.439 e. The number of hydrogen-bond acceptors (Lipinski definition) is 4. The van der Waals surface area contributed by atoms with Crippen molar-refractivity contribution in [2.45, 2.75) is 33.2 Å². The quantitative estimate of drug-likeness (QED) is 0.540. The number of Topliss-reactive ketones (excluding diaryl/α,β-unsaturated/α-hetero) is 1. The summed E-state index contributed by atoms with van der Waals surface area (Å²) in [4.78, 5) is 28.6. The number of ketones is 1. The minimum atomic E-state index is -0.345. The Balaban J connectivity index is 1.49. The van der Waals surface area contributed by atoms with Crippen LogP contribution in [0.4, 0.5) is 4.39 Å². The molecule has 3 rings (SSSR count). The molecular weight excluding hydrogens is 383 g/mol. The van der Waals surface area contributed by atoms with E-state index in [0.29, 0.717) is 23.7 Å². The number of halogens is 1. The molecule has 30 heavy (non-hydrogen) atoms. The normalized spacial score (nSPS) is 10.5. The molecule has 1 amide bonds. The van der Waals surface area contributed by atoms with Gasteiger partial charge < -0.3 is 10.1 Å². The maximum absolute atomic E-state index is 13.0. The van der Waals surface area contributed by atoms with Gasteiger partial charge in [0.25, 0.3) is 0 Å². The number of hydrogen-bond donors (Lipinski definition) is 1. The molecule has 0 fully saturated rings. The Hall–Kier alpha value is -3.54. The fourth-order valence-electron chi connectivity index (χ4n) is 2.81. The molecule has 3 aromatic rings. The Morgan fingerprint density at radius 1 is 0.967 bits per heavy atom. The molecule has 0 spiro atoms. The van der Waals surface area contributed by atoms with Crippen molar-refractivity contribution in [3.8, 4) is 11.6 Å². The SMILES string of the molecule is Cc1ccc(C(=O)CCC(=O)NCc2ccnc(Oc3ccc(F)cc3)c2)cc1C. The molecule has 2 aromatic carbocycles. The van der Waals surface area contributed by atoms with Gasteiger partial charge in [-0.3, -0.25) is 9.59 Å². The molecule has 0 atom stereocenters. The van der Waals surface area contributed by atoms with Crippen LogP contribution in [0.2, 0.25) is 0 Å². The molecule has 0 aliphatic rings. The van der Waals surface area contributed by atoms with Crippen molar-refractivity contribution in [3.05, 3.63) is 88.9 Å². The van der Waals surface area contributed by atoms with Crippen LogP contribution in [0.25, 0.3) is 0 Å². The van der Waals surface area contributed by atoms with E-state index in [1.165, 1.54) is 24.3 Å². The van der Waals surface area contributed by atoms with Gasteiger partial charge in [0.1, 0.15) is 11.6 Å². The monoisotopic (exact) mass is 406 g/mol. The first-order valence-electron chi connectivity index (χ1n) is 9.66. The number of pyridine rings is 1. The van der Waals surface area contributed by atoms with Crippen LogP contribution < -0.4 is 10.1 Å². The van der Waals surface area contributed by atoms with E-state index < -0.39 is 0 Å². The van der Waals surface area contributed by atoms with Crippen LogP contribution in [0.3, 0.4) is 0 Å². The third-order valence-corrected chi connectivity index (χ3v) is 4.73. The summed E-state index contributed by atoms with van der Waals surface area (Å²) < 4.78 is 18.6. The first kappa shape index (κ1) is 21.2. The van der Waals surface area contributed by atoms with Crippen LogP contribution in [0.5, 0.6) is 11.6 Å². The molecule has 0 bridgehead atoms. The lowest BCUT2D eigenvalue weighted by molar-refractivity contribution is -0.121. The zero-order valence-corrected chi connectivity index (χ0v) is 16.9. The summed E-state index contributed by atoms with van der Waals surface area (Å²) in [5, 5.41) is 2.80. The first-order valence-corrected chi connectivity index (χ1v) is 9.66. The van der Waals surface area contributed by atoms with Crippen LogP contribution in [0.1, 0.15) is 39.9 Å². The second kappa shape index (κ2) is 9.78. The summed E-state index contributed by atoms with van der Waals surface area (Å²) in [7, 11) is 0. The smallest absolute Gasteiger partial charge is 0.220 e. The van der Waals surface area contributed by atoms with Gasteiger partial charge in [0.2, 0.25) is 11.8 Å². The zero-order valence-electron chi connectivity index (χ0n) is 16.9. The van der Waals surface area contributed by atoms with Crippen LogP contribution in [0, 0.1) is 19.7 Å². The summed E-state index contributed by atoms with van der Waals surface area (Å²) in [5.74, 6) is 0.216. The van der Waals surface area contributed by atoms with E-state index in [2.05, 4.69) is 10.3 Å². The highest BCUT2D eigenvalue weighted by Gasteiger charge is 2.10. The number of aromatic nitrogens is 1. The third-order valence-electron chi connectivity index (χ3n) is 4.73. The first-order chi connectivity index (χ1) is 14.4. The lowest BCUT2D eigenvalue weighted by atomic mass is 10.0. The van der Waals surface area contributed by atoms with Crippen LogP contribution in [-0.2, 0) is 11.3 Å². The number of rotatable bonds is 8. The van der Waals surface area contributed by atoms with Gasteiger partial charge in [-0.2, -0.15) is 0 Å². The van der Waals surface area contributed by atoms with E-state index in [1.54, 1.807) is 24.4 Å². The number of ether oxygens (including phenoxy) is 1. The molecule has 1 N–H and O–H groups in total. The summed E-state index contributed by atoms with van der Waals surface area (Å²) in [6.07, 6.45) is 1.85. The van der Waals surface area contributed by atoms with E-state index in [4.69, 9.17) is 4.74 Å². The predicted octanol–water partition coefficient (Wildman–Crippen LogP) is 4.91. The summed E-state index contributed by atoms with van der Waals surface area (Å²) in [5.41, 5.74) is 3.62. The average Bonchev–Trinajstić information content (AvgIpc) is 2.74. The topological polar surface area (TPSA) is 68.3 Å². The van der Waals surface area contributed by atoms with Gasteiger partial charge in [-0.1, -0.05) is 12.1 Å². The number of nitrogens with one attached hydrogen (secondary N) is 1. The molecule has 0 saturated heterocycles. The molecule has 5 nitrogen and oxygen atoms in total. The van der Waals surface area contributed by atoms with Crippen molar-refractivity contribution in [1.29, 1.82) is 0 Å². The van der Waals surface area contributed by atoms with E-state index in [1.807, 2.05) is 26.0 Å². The van der Waals surface area contributed by atoms with Crippen molar-refractivity contribution in [2.24, 2.45) is 0 Å².